The van der Waals surface area contributed by atoms with Crippen LogP contribution < -0.4 is 10.6 Å². The van der Waals surface area contributed by atoms with Crippen LogP contribution in [-0.4, -0.2) is 41.2 Å². The van der Waals surface area contributed by atoms with Crippen molar-refractivity contribution in [3.8, 4) is 0 Å². The number of carboxylic acids is 1. The van der Waals surface area contributed by atoms with Crippen LogP contribution >= 0.6 is 11.8 Å². The molecule has 6 heteroatoms. The number of rotatable bonds is 8. The van der Waals surface area contributed by atoms with Crippen LogP contribution in [-0.2, 0) is 4.79 Å². The second kappa shape index (κ2) is 7.62. The molecule has 0 aromatic rings. The number of carbonyl (C=O) groups is 2. The maximum Gasteiger partial charge on any atom is 0.314 e. The van der Waals surface area contributed by atoms with E-state index in [9.17, 15) is 9.59 Å². The van der Waals surface area contributed by atoms with E-state index in [4.69, 9.17) is 5.11 Å². The van der Waals surface area contributed by atoms with E-state index in [1.54, 1.807) is 0 Å². The van der Waals surface area contributed by atoms with E-state index >= 15 is 0 Å². The second-order valence-electron chi connectivity index (χ2n) is 5.34. The minimum absolute atomic E-state index is 0.150. The van der Waals surface area contributed by atoms with Crippen molar-refractivity contribution in [2.24, 2.45) is 5.92 Å². The summed E-state index contributed by atoms with van der Waals surface area (Å²) in [7, 11) is 0. The highest BCUT2D eigenvalue weighted by molar-refractivity contribution is 8.00. The second-order valence-corrected chi connectivity index (χ2v) is 6.62. The molecule has 1 saturated carbocycles. The Labute approximate surface area is 118 Å². The summed E-state index contributed by atoms with van der Waals surface area (Å²) in [5.74, 6) is -0.608. The fourth-order valence-electron chi connectivity index (χ4n) is 2.07. The largest absolute Gasteiger partial charge is 0.481 e. The lowest BCUT2D eigenvalue weighted by molar-refractivity contribution is -0.137. The first-order valence-corrected chi connectivity index (χ1v) is 7.98. The van der Waals surface area contributed by atoms with Gasteiger partial charge in [0.2, 0.25) is 0 Å². The predicted molar refractivity (Wildman–Crippen MR) is 77.5 cm³/mol. The van der Waals surface area contributed by atoms with Gasteiger partial charge in [-0.05, 0) is 31.4 Å². The molecule has 0 heterocycles. The zero-order valence-corrected chi connectivity index (χ0v) is 12.5. The molecule has 2 amide bonds. The van der Waals surface area contributed by atoms with Crippen molar-refractivity contribution in [1.29, 1.82) is 0 Å². The molecule has 1 rings (SSSR count). The van der Waals surface area contributed by atoms with Crippen LogP contribution in [0.4, 0.5) is 4.79 Å². The van der Waals surface area contributed by atoms with Gasteiger partial charge in [0.1, 0.15) is 0 Å². The average molecular weight is 288 g/mol. The molecule has 0 radical (unpaired) electrons. The third-order valence-electron chi connectivity index (χ3n) is 3.73. The van der Waals surface area contributed by atoms with Crippen LogP contribution in [0.1, 0.15) is 39.0 Å². The molecule has 5 nitrogen and oxygen atoms in total. The first kappa shape index (κ1) is 16.1. The lowest BCUT2D eigenvalue weighted by Crippen LogP contribution is -2.48. The third kappa shape index (κ3) is 5.72. The number of hydrogen-bond acceptors (Lipinski definition) is 3. The van der Waals surface area contributed by atoms with Crippen molar-refractivity contribution >= 4 is 23.8 Å². The molecular formula is C13H24N2O3S. The van der Waals surface area contributed by atoms with Crippen molar-refractivity contribution in [3.63, 3.8) is 0 Å². The van der Waals surface area contributed by atoms with E-state index in [0.717, 1.165) is 0 Å². The van der Waals surface area contributed by atoms with Crippen molar-refractivity contribution in [3.05, 3.63) is 0 Å². The smallest absolute Gasteiger partial charge is 0.314 e. The minimum Gasteiger partial charge on any atom is -0.481 e. The van der Waals surface area contributed by atoms with E-state index in [0.29, 0.717) is 19.5 Å². The van der Waals surface area contributed by atoms with E-state index in [1.807, 2.05) is 18.7 Å². The Morgan fingerprint density at radius 1 is 1.37 bits per heavy atom. The molecule has 0 aromatic carbocycles. The van der Waals surface area contributed by atoms with Crippen molar-refractivity contribution < 1.29 is 14.7 Å². The maximum absolute atomic E-state index is 11.6. The molecule has 1 fully saturated rings. The number of aliphatic carboxylic acids is 1. The van der Waals surface area contributed by atoms with E-state index in [-0.39, 0.29) is 23.1 Å². The number of thioether (sulfide) groups is 1. The molecule has 3 N–H and O–H groups in total. The zero-order chi connectivity index (χ0) is 14.3. The Balaban J connectivity index is 2.12. The lowest BCUT2D eigenvalue weighted by atomic mass is 9.84. The molecule has 0 aliphatic heterocycles. The van der Waals surface area contributed by atoms with E-state index in [1.165, 1.54) is 19.3 Å². The van der Waals surface area contributed by atoms with Gasteiger partial charge in [0.15, 0.2) is 0 Å². The Bertz CT molecular complexity index is 314. The molecule has 19 heavy (non-hydrogen) atoms. The van der Waals surface area contributed by atoms with Gasteiger partial charge in [-0.2, -0.15) is 11.8 Å². The number of nitrogens with one attached hydrogen (secondary N) is 2. The normalized spacial score (nSPS) is 18.2. The first-order valence-electron chi connectivity index (χ1n) is 6.76. The van der Waals surface area contributed by atoms with Crippen molar-refractivity contribution in [2.75, 3.05) is 19.3 Å². The Morgan fingerprint density at radius 2 is 2.05 bits per heavy atom. The molecule has 110 valence electrons. The SMILES string of the molecule is CSC1(CNC(=O)NCC(C)CCC(=O)O)CCC1. The standard InChI is InChI=1S/C13H24N2O3S/c1-10(4-5-11(16)17)8-14-12(18)15-9-13(19-2)6-3-7-13/h10H,3-9H2,1-2H3,(H,16,17)(H2,14,15,18). The molecule has 1 aliphatic rings. The fourth-order valence-corrected chi connectivity index (χ4v) is 2.98. The summed E-state index contributed by atoms with van der Waals surface area (Å²) in [6.07, 6.45) is 6.42. The van der Waals surface area contributed by atoms with Crippen LogP contribution in [0, 0.1) is 5.92 Å². The summed E-state index contributed by atoms with van der Waals surface area (Å²) in [6, 6.07) is -0.150. The molecule has 0 saturated heterocycles. The number of carboxylic acid groups (broad SMARTS) is 1. The van der Waals surface area contributed by atoms with Crippen LogP contribution in [0.5, 0.6) is 0 Å². The molecule has 1 unspecified atom stereocenters. The Kier molecular flexibility index (Phi) is 6.48. The lowest BCUT2D eigenvalue weighted by Gasteiger charge is -2.40. The number of urea groups is 1. The van der Waals surface area contributed by atoms with Crippen molar-refractivity contribution in [2.45, 2.75) is 43.8 Å². The van der Waals surface area contributed by atoms with Gasteiger partial charge in [0.25, 0.3) is 0 Å². The summed E-state index contributed by atoms with van der Waals surface area (Å²) < 4.78 is 0.242. The summed E-state index contributed by atoms with van der Waals surface area (Å²) in [6.45, 7) is 3.17. The maximum atomic E-state index is 11.6. The zero-order valence-electron chi connectivity index (χ0n) is 11.7. The van der Waals surface area contributed by atoms with Gasteiger partial charge in [0, 0.05) is 24.3 Å². The fraction of sp³-hybridized carbons (Fsp3) is 0.846. The van der Waals surface area contributed by atoms with Gasteiger partial charge >= 0.3 is 12.0 Å². The molecular weight excluding hydrogens is 264 g/mol. The highest BCUT2D eigenvalue weighted by atomic mass is 32.2. The topological polar surface area (TPSA) is 78.4 Å². The summed E-state index contributed by atoms with van der Waals surface area (Å²) >= 11 is 1.83. The number of amides is 2. The highest BCUT2D eigenvalue weighted by Gasteiger charge is 2.36. The molecule has 1 atom stereocenters. The summed E-state index contributed by atoms with van der Waals surface area (Å²) in [5, 5.41) is 14.3. The molecule has 0 bridgehead atoms. The van der Waals surface area contributed by atoms with Crippen LogP contribution in [0.15, 0.2) is 0 Å². The Morgan fingerprint density at radius 3 is 2.53 bits per heavy atom. The summed E-state index contributed by atoms with van der Waals surface area (Å²) in [4.78, 5) is 22.1. The van der Waals surface area contributed by atoms with E-state index < -0.39 is 5.97 Å². The predicted octanol–water partition coefficient (Wildman–Crippen LogP) is 2.07. The number of hydrogen-bond donors (Lipinski definition) is 3. The van der Waals surface area contributed by atoms with Crippen LogP contribution in [0.3, 0.4) is 0 Å². The number of carbonyl (C=O) groups excluding carboxylic acids is 1. The Hall–Kier alpha value is -0.910. The first-order chi connectivity index (χ1) is 8.97. The van der Waals surface area contributed by atoms with Gasteiger partial charge in [-0.25, -0.2) is 4.79 Å². The summed E-state index contributed by atoms with van der Waals surface area (Å²) in [5.41, 5.74) is 0. The molecule has 1 aliphatic carbocycles. The van der Waals surface area contributed by atoms with Gasteiger partial charge in [-0.15, -0.1) is 0 Å². The monoisotopic (exact) mass is 288 g/mol. The highest BCUT2D eigenvalue weighted by Crippen LogP contribution is 2.42. The van der Waals surface area contributed by atoms with Crippen molar-refractivity contribution in [1.82, 2.24) is 10.6 Å². The van der Waals surface area contributed by atoms with Gasteiger partial charge < -0.3 is 15.7 Å². The van der Waals surface area contributed by atoms with Crippen LogP contribution in [0.2, 0.25) is 0 Å². The average Bonchev–Trinajstić information content (AvgIpc) is 2.33. The minimum atomic E-state index is -0.789. The van der Waals surface area contributed by atoms with Gasteiger partial charge in [-0.3, -0.25) is 4.79 Å². The van der Waals surface area contributed by atoms with Gasteiger partial charge in [-0.1, -0.05) is 13.3 Å². The molecule has 0 spiro atoms. The molecule has 0 aromatic heterocycles. The quantitative estimate of drug-likeness (QED) is 0.639. The van der Waals surface area contributed by atoms with Gasteiger partial charge in [0.05, 0.1) is 0 Å². The van der Waals surface area contributed by atoms with E-state index in [2.05, 4.69) is 16.9 Å². The third-order valence-corrected chi connectivity index (χ3v) is 5.15. The van der Waals surface area contributed by atoms with Crippen LogP contribution in [0.25, 0.3) is 0 Å².